The number of amidine groups is 1. The average Bonchev–Trinajstić information content (AvgIpc) is 3.78. The summed E-state index contributed by atoms with van der Waals surface area (Å²) in [5.74, 6) is -0.803. The van der Waals surface area contributed by atoms with Gasteiger partial charge in [0.1, 0.15) is 11.3 Å². The van der Waals surface area contributed by atoms with Crippen LogP contribution in [0.3, 0.4) is 0 Å². The monoisotopic (exact) mass is 742 g/mol. The number of alkyl halides is 3. The van der Waals surface area contributed by atoms with Gasteiger partial charge in [-0.2, -0.15) is 13.2 Å². The zero-order chi connectivity index (χ0) is 37.0. The summed E-state index contributed by atoms with van der Waals surface area (Å²) in [5, 5.41) is 2.89. The maximum absolute atomic E-state index is 13.9. The predicted molar refractivity (Wildman–Crippen MR) is 197 cm³/mol. The fourth-order valence-electron chi connectivity index (χ4n) is 6.61. The second-order valence-corrected chi connectivity index (χ2v) is 14.1. The Balaban J connectivity index is 1.02. The molecule has 0 radical (unpaired) electrons. The van der Waals surface area contributed by atoms with Crippen molar-refractivity contribution in [1.82, 2.24) is 14.8 Å². The van der Waals surface area contributed by atoms with E-state index in [4.69, 9.17) is 9.73 Å². The number of nitrogens with one attached hydrogen (secondary N) is 1. The number of halogens is 3. The van der Waals surface area contributed by atoms with E-state index in [2.05, 4.69) is 15.2 Å². The van der Waals surface area contributed by atoms with Gasteiger partial charge in [0.05, 0.1) is 43.1 Å². The summed E-state index contributed by atoms with van der Waals surface area (Å²) in [6.45, 7) is 3.68. The minimum absolute atomic E-state index is 0.105. The first-order chi connectivity index (χ1) is 25.6. The number of morpholine rings is 1. The number of aliphatic imine (C=N–C) groups is 1. The Morgan fingerprint density at radius 1 is 0.925 bits per heavy atom. The van der Waals surface area contributed by atoms with Crippen LogP contribution in [-0.4, -0.2) is 76.6 Å². The third-order valence-electron chi connectivity index (χ3n) is 9.43. The third-order valence-corrected chi connectivity index (χ3v) is 10.7. The highest BCUT2D eigenvalue weighted by atomic mass is 32.2. The van der Waals surface area contributed by atoms with Crippen LogP contribution in [0.15, 0.2) is 102 Å². The van der Waals surface area contributed by atoms with Gasteiger partial charge in [-0.05, 0) is 84.6 Å². The number of carbonyl (C=O) groups excluding carboxylic acids is 3. The molecule has 0 aliphatic carbocycles. The molecule has 53 heavy (non-hydrogen) atoms. The molecule has 0 saturated carbocycles. The molecule has 2 atom stereocenters. The minimum Gasteiger partial charge on any atom is -0.378 e. The lowest BCUT2D eigenvalue weighted by Gasteiger charge is -2.28. The smallest absolute Gasteiger partial charge is 0.378 e. The van der Waals surface area contributed by atoms with Crippen LogP contribution in [0.25, 0.3) is 0 Å². The first-order valence-electron chi connectivity index (χ1n) is 17.4. The second kappa shape index (κ2) is 15.8. The number of rotatable bonds is 9. The fraction of sp³-hybridized carbons (Fsp3) is 0.308. The Hall–Kier alpha value is -5.21. The highest BCUT2D eigenvalue weighted by Gasteiger charge is 2.40. The molecule has 1 N–H and O–H groups in total. The van der Waals surface area contributed by atoms with Gasteiger partial charge in [0.2, 0.25) is 17.7 Å². The molecule has 3 saturated heterocycles. The second-order valence-electron chi connectivity index (χ2n) is 13.0. The Bertz CT molecular complexity index is 1950. The Kier molecular flexibility index (Phi) is 10.8. The van der Waals surface area contributed by atoms with E-state index >= 15 is 0 Å². The molecular formula is C39H37F3N6O4S. The summed E-state index contributed by atoms with van der Waals surface area (Å²) in [6.07, 6.45) is -1.77. The number of amides is 3. The van der Waals surface area contributed by atoms with E-state index in [9.17, 15) is 27.6 Å². The highest BCUT2D eigenvalue weighted by Crippen LogP contribution is 2.41. The number of benzene rings is 3. The Morgan fingerprint density at radius 3 is 2.34 bits per heavy atom. The van der Waals surface area contributed by atoms with Crippen LogP contribution in [-0.2, 0) is 38.3 Å². The quantitative estimate of drug-likeness (QED) is 0.206. The number of anilines is 2. The summed E-state index contributed by atoms with van der Waals surface area (Å²) < 4.78 is 44.3. The number of thioether (sulfide) groups is 1. The zero-order valence-electron chi connectivity index (χ0n) is 28.7. The number of likely N-dealkylation sites (tertiary alicyclic amines) is 1. The van der Waals surface area contributed by atoms with Gasteiger partial charge in [-0.1, -0.05) is 42.1 Å². The number of ether oxygens (including phenoxy) is 1. The van der Waals surface area contributed by atoms with Gasteiger partial charge in [-0.25, -0.2) is 4.99 Å². The molecule has 14 heteroatoms. The topological polar surface area (TPSA) is 107 Å². The lowest BCUT2D eigenvalue weighted by molar-refractivity contribution is -0.137. The lowest BCUT2D eigenvalue weighted by Crippen LogP contribution is -2.43. The molecule has 274 valence electrons. The molecule has 4 aromatic rings. The van der Waals surface area contributed by atoms with Gasteiger partial charge in [-0.15, -0.1) is 0 Å². The van der Waals surface area contributed by atoms with Crippen molar-refractivity contribution in [2.24, 2.45) is 4.99 Å². The van der Waals surface area contributed by atoms with Crippen LogP contribution < -0.4 is 10.2 Å². The van der Waals surface area contributed by atoms with Crippen LogP contribution in [0.1, 0.15) is 40.5 Å². The van der Waals surface area contributed by atoms with E-state index in [0.717, 1.165) is 47.9 Å². The van der Waals surface area contributed by atoms with E-state index in [1.54, 1.807) is 35.4 Å². The van der Waals surface area contributed by atoms with Gasteiger partial charge < -0.3 is 19.9 Å². The van der Waals surface area contributed by atoms with E-state index in [1.165, 1.54) is 28.8 Å². The number of aromatic nitrogens is 1. The first kappa shape index (κ1) is 36.2. The molecule has 3 fully saturated rings. The third kappa shape index (κ3) is 8.55. The summed E-state index contributed by atoms with van der Waals surface area (Å²) in [6, 6.07) is 24.3. The zero-order valence-corrected chi connectivity index (χ0v) is 29.5. The average molecular weight is 743 g/mol. The molecule has 3 aromatic carbocycles. The van der Waals surface area contributed by atoms with Crippen LogP contribution in [0, 0.1) is 0 Å². The summed E-state index contributed by atoms with van der Waals surface area (Å²) in [4.78, 5) is 55.1. The SMILES string of the molecule is O=C(Nc1ccc(C2SC(=Nc3ccc(N4CCOCC4)cc3)N(Cc3ccccn3)C2=O)cc1)[C@@H]1CCCN1C(=O)Cc1ccc(C(F)(F)F)cc1. The van der Waals surface area contributed by atoms with Crippen LogP contribution in [0.2, 0.25) is 0 Å². The Labute approximate surface area is 309 Å². The molecule has 7 rings (SSSR count). The molecule has 10 nitrogen and oxygen atoms in total. The van der Waals surface area contributed by atoms with Gasteiger partial charge in [0.15, 0.2) is 5.17 Å². The van der Waals surface area contributed by atoms with E-state index < -0.39 is 23.0 Å². The van der Waals surface area contributed by atoms with Crippen molar-refractivity contribution in [3.05, 3.63) is 120 Å². The molecule has 1 unspecified atom stereocenters. The van der Waals surface area contributed by atoms with E-state index in [0.29, 0.717) is 49.0 Å². The van der Waals surface area contributed by atoms with Gasteiger partial charge in [0, 0.05) is 37.2 Å². The van der Waals surface area contributed by atoms with Crippen molar-refractivity contribution in [1.29, 1.82) is 0 Å². The van der Waals surface area contributed by atoms with E-state index in [-0.39, 0.29) is 30.7 Å². The Morgan fingerprint density at radius 2 is 1.66 bits per heavy atom. The minimum atomic E-state index is -4.46. The normalized spacial score (nSPS) is 19.9. The van der Waals surface area contributed by atoms with Crippen molar-refractivity contribution in [2.45, 2.75) is 43.3 Å². The maximum atomic E-state index is 13.9. The van der Waals surface area contributed by atoms with E-state index in [1.807, 2.05) is 42.5 Å². The summed E-state index contributed by atoms with van der Waals surface area (Å²) in [7, 11) is 0. The highest BCUT2D eigenvalue weighted by molar-refractivity contribution is 8.15. The molecule has 4 heterocycles. The fourth-order valence-corrected chi connectivity index (χ4v) is 7.79. The van der Waals surface area contributed by atoms with Crippen molar-refractivity contribution in [3.8, 4) is 0 Å². The summed E-state index contributed by atoms with van der Waals surface area (Å²) >= 11 is 1.36. The number of carbonyl (C=O) groups is 3. The van der Waals surface area contributed by atoms with Crippen LogP contribution >= 0.6 is 11.8 Å². The molecular weight excluding hydrogens is 706 g/mol. The summed E-state index contributed by atoms with van der Waals surface area (Å²) in [5.41, 5.74) is 3.46. The lowest BCUT2D eigenvalue weighted by atomic mass is 10.1. The largest absolute Gasteiger partial charge is 0.416 e. The van der Waals surface area contributed by atoms with Gasteiger partial charge >= 0.3 is 6.18 Å². The molecule has 3 aliphatic rings. The van der Waals surface area contributed by atoms with Crippen molar-refractivity contribution >= 4 is 51.7 Å². The number of nitrogens with zero attached hydrogens (tertiary/aromatic N) is 5. The molecule has 3 amide bonds. The standard InChI is InChI=1S/C39H37F3N6O4S/c40-39(41,42)28-10-6-26(7-11-28)24-34(49)47-19-3-5-33(47)36(50)44-29-12-8-27(9-13-29)35-37(51)48(25-31-4-1-2-18-43-31)38(53-35)45-30-14-16-32(17-15-30)46-20-22-52-23-21-46/h1-2,4,6-18,33,35H,3,5,19-25H2,(H,44,50)/t33-,35?/m0/s1. The molecule has 0 spiro atoms. The number of hydrogen-bond donors (Lipinski definition) is 1. The van der Waals surface area contributed by atoms with Crippen molar-refractivity contribution in [3.63, 3.8) is 0 Å². The van der Waals surface area contributed by atoms with Gasteiger partial charge in [0.25, 0.3) is 0 Å². The molecule has 3 aliphatic heterocycles. The molecule has 1 aromatic heterocycles. The van der Waals surface area contributed by atoms with Crippen molar-refractivity contribution < 1.29 is 32.3 Å². The van der Waals surface area contributed by atoms with Crippen LogP contribution in [0.4, 0.5) is 30.2 Å². The van der Waals surface area contributed by atoms with Crippen LogP contribution in [0.5, 0.6) is 0 Å². The first-order valence-corrected chi connectivity index (χ1v) is 18.3. The van der Waals surface area contributed by atoms with Gasteiger partial charge in [-0.3, -0.25) is 24.3 Å². The predicted octanol–water partition coefficient (Wildman–Crippen LogP) is 6.61. The number of pyridine rings is 1. The molecule has 0 bridgehead atoms. The van der Waals surface area contributed by atoms with Crippen molar-refractivity contribution in [2.75, 3.05) is 43.1 Å². The number of hydrogen-bond acceptors (Lipinski definition) is 8. The maximum Gasteiger partial charge on any atom is 0.416 e.